The molecule has 0 saturated heterocycles. The standard InChI is InChI=1S/C19H30N2O2/c1-15(2)23-17-10-8-16(9-11-17)18(22)20-14-19(21(3)4)12-6-5-7-13-19/h8-11,15H,5-7,12-14H2,1-4H3,(H,20,22)/p+1. The van der Waals surface area contributed by atoms with Gasteiger partial charge in [-0.1, -0.05) is 6.42 Å². The molecule has 2 N–H and O–H groups in total. The van der Waals surface area contributed by atoms with E-state index in [4.69, 9.17) is 4.74 Å². The summed E-state index contributed by atoms with van der Waals surface area (Å²) in [5.41, 5.74) is 0.884. The van der Waals surface area contributed by atoms with Crippen LogP contribution >= 0.6 is 0 Å². The molecule has 0 aromatic heterocycles. The molecule has 0 radical (unpaired) electrons. The Morgan fingerprint density at radius 1 is 1.17 bits per heavy atom. The van der Waals surface area contributed by atoms with Crippen LogP contribution in [0.3, 0.4) is 0 Å². The third-order valence-electron chi connectivity index (χ3n) is 4.95. The lowest BCUT2D eigenvalue weighted by Crippen LogP contribution is -3.16. The average Bonchev–Trinajstić information content (AvgIpc) is 2.53. The largest absolute Gasteiger partial charge is 0.491 e. The molecule has 1 saturated carbocycles. The van der Waals surface area contributed by atoms with Crippen molar-refractivity contribution in [3.8, 4) is 5.75 Å². The number of ether oxygens (including phenoxy) is 1. The van der Waals surface area contributed by atoms with E-state index >= 15 is 0 Å². The lowest BCUT2D eigenvalue weighted by atomic mass is 9.80. The van der Waals surface area contributed by atoms with E-state index in [1.54, 1.807) is 0 Å². The Morgan fingerprint density at radius 2 is 1.78 bits per heavy atom. The van der Waals surface area contributed by atoms with Crippen LogP contribution < -0.4 is 15.0 Å². The van der Waals surface area contributed by atoms with Crippen molar-refractivity contribution in [1.29, 1.82) is 0 Å². The van der Waals surface area contributed by atoms with E-state index in [9.17, 15) is 4.79 Å². The van der Waals surface area contributed by atoms with Crippen molar-refractivity contribution in [2.45, 2.75) is 57.6 Å². The maximum atomic E-state index is 12.4. The Kier molecular flexibility index (Phi) is 6.05. The fourth-order valence-electron chi connectivity index (χ4n) is 3.39. The van der Waals surface area contributed by atoms with Crippen LogP contribution in [0, 0.1) is 0 Å². The van der Waals surface area contributed by atoms with Gasteiger partial charge in [-0.25, -0.2) is 0 Å². The van der Waals surface area contributed by atoms with Gasteiger partial charge in [-0.3, -0.25) is 4.79 Å². The third kappa shape index (κ3) is 4.71. The first-order valence-corrected chi connectivity index (χ1v) is 8.78. The second-order valence-corrected chi connectivity index (χ2v) is 7.21. The molecule has 0 heterocycles. The molecule has 2 rings (SSSR count). The molecular weight excluding hydrogens is 288 g/mol. The number of amides is 1. The second-order valence-electron chi connectivity index (χ2n) is 7.21. The zero-order chi connectivity index (χ0) is 16.9. The molecule has 0 aliphatic heterocycles. The summed E-state index contributed by atoms with van der Waals surface area (Å²) in [7, 11) is 4.41. The summed E-state index contributed by atoms with van der Waals surface area (Å²) in [5, 5.41) is 3.15. The maximum Gasteiger partial charge on any atom is 0.251 e. The van der Waals surface area contributed by atoms with Gasteiger partial charge in [0.2, 0.25) is 0 Å². The molecule has 4 nitrogen and oxygen atoms in total. The second kappa shape index (κ2) is 7.82. The van der Waals surface area contributed by atoms with Crippen LogP contribution in [0.5, 0.6) is 5.75 Å². The molecule has 0 bridgehead atoms. The third-order valence-corrected chi connectivity index (χ3v) is 4.95. The van der Waals surface area contributed by atoms with Gasteiger partial charge in [0.05, 0.1) is 26.7 Å². The highest BCUT2D eigenvalue weighted by molar-refractivity contribution is 5.94. The van der Waals surface area contributed by atoms with Crippen LogP contribution in [0.25, 0.3) is 0 Å². The highest BCUT2D eigenvalue weighted by atomic mass is 16.5. The van der Waals surface area contributed by atoms with Crippen molar-refractivity contribution in [2.24, 2.45) is 0 Å². The molecule has 0 unspecified atom stereocenters. The molecule has 1 aliphatic carbocycles. The van der Waals surface area contributed by atoms with E-state index in [-0.39, 0.29) is 17.6 Å². The SMILES string of the molecule is CC(C)Oc1ccc(C(=O)NCC2([NH+](C)C)CCCCC2)cc1. The molecule has 1 aromatic rings. The number of carbonyl (C=O) groups excluding carboxylic acids is 1. The van der Waals surface area contributed by atoms with E-state index in [1.165, 1.54) is 37.0 Å². The Bertz CT molecular complexity index is 503. The molecule has 1 fully saturated rings. The van der Waals surface area contributed by atoms with Crippen molar-refractivity contribution in [3.63, 3.8) is 0 Å². The number of benzene rings is 1. The van der Waals surface area contributed by atoms with E-state index in [2.05, 4.69) is 19.4 Å². The minimum absolute atomic E-state index is 0.00676. The minimum Gasteiger partial charge on any atom is -0.491 e. The van der Waals surface area contributed by atoms with Crippen molar-refractivity contribution in [3.05, 3.63) is 29.8 Å². The quantitative estimate of drug-likeness (QED) is 0.843. The Labute approximate surface area is 140 Å². The summed E-state index contributed by atoms with van der Waals surface area (Å²) < 4.78 is 5.62. The fourth-order valence-corrected chi connectivity index (χ4v) is 3.39. The number of nitrogens with one attached hydrogen (secondary N) is 2. The summed E-state index contributed by atoms with van der Waals surface area (Å²) in [5.74, 6) is 0.810. The predicted octanol–water partition coefficient (Wildman–Crippen LogP) is 2.05. The molecule has 1 amide bonds. The van der Waals surface area contributed by atoms with Crippen molar-refractivity contribution < 1.29 is 14.4 Å². The van der Waals surface area contributed by atoms with E-state index in [0.717, 1.165) is 12.3 Å². The van der Waals surface area contributed by atoms with Crippen molar-refractivity contribution in [1.82, 2.24) is 5.32 Å². The lowest BCUT2D eigenvalue weighted by molar-refractivity contribution is -0.916. The molecule has 4 heteroatoms. The van der Waals surface area contributed by atoms with Crippen LogP contribution in [0.1, 0.15) is 56.3 Å². The predicted molar refractivity (Wildman–Crippen MR) is 93.2 cm³/mol. The van der Waals surface area contributed by atoms with E-state index in [1.807, 2.05) is 38.1 Å². The molecule has 23 heavy (non-hydrogen) atoms. The van der Waals surface area contributed by atoms with Gasteiger partial charge >= 0.3 is 0 Å². The fraction of sp³-hybridized carbons (Fsp3) is 0.632. The van der Waals surface area contributed by atoms with Crippen LogP contribution in [-0.2, 0) is 0 Å². The van der Waals surface area contributed by atoms with Gasteiger partial charge in [0.15, 0.2) is 0 Å². The molecular formula is C19H31N2O2+. The van der Waals surface area contributed by atoms with Gasteiger partial charge < -0.3 is 15.0 Å². The lowest BCUT2D eigenvalue weighted by Gasteiger charge is -2.39. The van der Waals surface area contributed by atoms with Gasteiger partial charge in [0.25, 0.3) is 5.91 Å². The molecule has 0 spiro atoms. The number of quaternary nitrogens is 1. The Balaban J connectivity index is 1.95. The maximum absolute atomic E-state index is 12.4. The van der Waals surface area contributed by atoms with E-state index < -0.39 is 0 Å². The molecule has 1 aliphatic rings. The highest BCUT2D eigenvalue weighted by Crippen LogP contribution is 2.25. The van der Waals surface area contributed by atoms with Crippen LogP contribution in [0.4, 0.5) is 0 Å². The zero-order valence-corrected chi connectivity index (χ0v) is 14.9. The number of likely N-dealkylation sites (N-methyl/N-ethyl adjacent to an activating group) is 1. The summed E-state index contributed by atoms with van der Waals surface area (Å²) >= 11 is 0. The smallest absolute Gasteiger partial charge is 0.251 e. The summed E-state index contributed by atoms with van der Waals surface area (Å²) in [6.45, 7) is 4.74. The average molecular weight is 319 g/mol. The number of rotatable bonds is 6. The first kappa shape index (κ1) is 17.8. The van der Waals surface area contributed by atoms with Gasteiger partial charge in [-0.2, -0.15) is 0 Å². The Hall–Kier alpha value is -1.55. The number of hydrogen-bond donors (Lipinski definition) is 2. The normalized spacial score (nSPS) is 17.3. The Morgan fingerprint density at radius 3 is 2.30 bits per heavy atom. The molecule has 128 valence electrons. The summed E-state index contributed by atoms with van der Waals surface area (Å²) in [4.78, 5) is 13.9. The zero-order valence-electron chi connectivity index (χ0n) is 14.9. The van der Waals surface area contributed by atoms with Crippen molar-refractivity contribution in [2.75, 3.05) is 20.6 Å². The van der Waals surface area contributed by atoms with Crippen molar-refractivity contribution >= 4 is 5.91 Å². The number of carbonyl (C=O) groups is 1. The first-order valence-electron chi connectivity index (χ1n) is 8.78. The molecule has 0 atom stereocenters. The van der Waals surface area contributed by atoms with Gasteiger partial charge in [-0.15, -0.1) is 0 Å². The van der Waals surface area contributed by atoms with Gasteiger partial charge in [0, 0.05) is 18.4 Å². The minimum atomic E-state index is 0.00676. The highest BCUT2D eigenvalue weighted by Gasteiger charge is 2.38. The summed E-state index contributed by atoms with van der Waals surface area (Å²) in [6.07, 6.45) is 6.38. The topological polar surface area (TPSA) is 42.8 Å². The summed E-state index contributed by atoms with van der Waals surface area (Å²) in [6, 6.07) is 7.40. The van der Waals surface area contributed by atoms with E-state index in [0.29, 0.717) is 5.56 Å². The van der Waals surface area contributed by atoms with Crippen LogP contribution in [0.2, 0.25) is 0 Å². The van der Waals surface area contributed by atoms with Crippen LogP contribution in [-0.4, -0.2) is 38.2 Å². The van der Waals surface area contributed by atoms with Gasteiger partial charge in [-0.05, 0) is 51.0 Å². The first-order chi connectivity index (χ1) is 10.9. The van der Waals surface area contributed by atoms with Crippen LogP contribution in [0.15, 0.2) is 24.3 Å². The van der Waals surface area contributed by atoms with Gasteiger partial charge in [0.1, 0.15) is 11.3 Å². The monoisotopic (exact) mass is 319 g/mol. The molecule has 1 aromatic carbocycles. The number of hydrogen-bond acceptors (Lipinski definition) is 2.